The second-order valence-corrected chi connectivity index (χ2v) is 22.9. The monoisotopic (exact) mass is 848 g/mol. The fraction of sp³-hybridized carbons (Fsp3) is 0.311. The summed E-state index contributed by atoms with van der Waals surface area (Å²) in [6.07, 6.45) is 3.47. The maximum Gasteiger partial charge on any atom is 0.252 e. The van der Waals surface area contributed by atoms with E-state index in [9.17, 15) is 0 Å². The summed E-state index contributed by atoms with van der Waals surface area (Å²) in [5, 5.41) is 2.32. The third-order valence-corrected chi connectivity index (χ3v) is 16.6. The number of hydrogen-bond acceptors (Lipinski definition) is 3. The first-order chi connectivity index (χ1) is 30.9. The maximum absolute atomic E-state index is 6.76. The number of anilines is 6. The molecule has 0 N–H and O–H groups in total. The average Bonchev–Trinajstić information content (AvgIpc) is 3.72. The third kappa shape index (κ3) is 5.61. The molecule has 65 heavy (non-hydrogen) atoms. The number of benzene rings is 7. The molecule has 0 fully saturated rings. The minimum Gasteiger partial charge on any atom is -0.456 e. The van der Waals surface area contributed by atoms with Gasteiger partial charge in [0.2, 0.25) is 0 Å². The van der Waals surface area contributed by atoms with Gasteiger partial charge in [-0.15, -0.1) is 0 Å². The third-order valence-electron chi connectivity index (χ3n) is 16.6. The predicted octanol–water partition coefficient (Wildman–Crippen LogP) is 14.9. The van der Waals surface area contributed by atoms with Crippen LogP contribution in [0.4, 0.5) is 34.1 Å². The van der Waals surface area contributed by atoms with Crippen LogP contribution in [0.5, 0.6) is 0 Å². The number of rotatable bonds is 3. The molecule has 0 bridgehead atoms. The van der Waals surface area contributed by atoms with Crippen LogP contribution in [0.2, 0.25) is 0 Å². The molecule has 3 heterocycles. The lowest BCUT2D eigenvalue weighted by atomic mass is 9.33. The lowest BCUT2D eigenvalue weighted by Crippen LogP contribution is -2.61. The van der Waals surface area contributed by atoms with Crippen LogP contribution in [0.1, 0.15) is 119 Å². The van der Waals surface area contributed by atoms with Crippen LogP contribution in [0, 0.1) is 27.7 Å². The van der Waals surface area contributed by atoms with E-state index in [1.54, 1.807) is 0 Å². The van der Waals surface area contributed by atoms with Crippen LogP contribution in [0.15, 0.2) is 120 Å². The van der Waals surface area contributed by atoms with Crippen LogP contribution in [0.25, 0.3) is 33.1 Å². The van der Waals surface area contributed by atoms with Gasteiger partial charge in [0.1, 0.15) is 11.2 Å². The normalized spacial score (nSPS) is 18.1. The van der Waals surface area contributed by atoms with E-state index in [4.69, 9.17) is 4.42 Å². The molecular formula is C61H61BN2O. The zero-order valence-corrected chi connectivity index (χ0v) is 40.5. The second-order valence-electron chi connectivity index (χ2n) is 22.9. The number of furan rings is 1. The van der Waals surface area contributed by atoms with E-state index < -0.39 is 0 Å². The molecule has 324 valence electrons. The molecular weight excluding hydrogens is 787 g/mol. The van der Waals surface area contributed by atoms with Crippen LogP contribution in [-0.4, -0.2) is 6.71 Å². The number of aryl methyl sites for hydroxylation is 4. The zero-order chi connectivity index (χ0) is 45.3. The Kier molecular flexibility index (Phi) is 8.29. The van der Waals surface area contributed by atoms with Crippen molar-refractivity contribution >= 4 is 79.2 Å². The molecule has 0 amide bonds. The molecule has 2 aliphatic heterocycles. The molecule has 4 aliphatic rings. The highest BCUT2D eigenvalue weighted by Crippen LogP contribution is 2.56. The smallest absolute Gasteiger partial charge is 0.252 e. The highest BCUT2D eigenvalue weighted by molar-refractivity contribution is 7.00. The molecule has 8 aromatic rings. The molecule has 7 aromatic carbocycles. The van der Waals surface area contributed by atoms with Crippen LogP contribution in [-0.2, 0) is 21.7 Å². The van der Waals surface area contributed by atoms with Crippen LogP contribution < -0.4 is 26.2 Å². The minimum atomic E-state index is -0.0234. The summed E-state index contributed by atoms with van der Waals surface area (Å²) in [5.41, 5.74) is 27.3. The highest BCUT2D eigenvalue weighted by Gasteiger charge is 2.49. The first-order valence-corrected chi connectivity index (χ1v) is 24.1. The fourth-order valence-corrected chi connectivity index (χ4v) is 13.4. The van der Waals surface area contributed by atoms with E-state index in [-0.39, 0.29) is 28.4 Å². The van der Waals surface area contributed by atoms with Gasteiger partial charge in [-0.2, -0.15) is 0 Å². The summed E-state index contributed by atoms with van der Waals surface area (Å²) < 4.78 is 6.76. The number of hydrogen-bond donors (Lipinski definition) is 0. The summed E-state index contributed by atoms with van der Waals surface area (Å²) in [5.74, 6) is 0. The van der Waals surface area contributed by atoms with Crippen LogP contribution >= 0.6 is 0 Å². The van der Waals surface area contributed by atoms with E-state index in [1.165, 1.54) is 124 Å². The quantitative estimate of drug-likeness (QED) is 0.165. The van der Waals surface area contributed by atoms with E-state index >= 15 is 0 Å². The Morgan fingerprint density at radius 2 is 1.05 bits per heavy atom. The van der Waals surface area contributed by atoms with Crippen molar-refractivity contribution in [3.8, 4) is 11.1 Å². The van der Waals surface area contributed by atoms with Gasteiger partial charge in [0.05, 0.1) is 11.1 Å². The summed E-state index contributed by atoms with van der Waals surface area (Å²) in [7, 11) is 0. The first kappa shape index (κ1) is 40.5. The first-order valence-electron chi connectivity index (χ1n) is 24.1. The van der Waals surface area contributed by atoms with Gasteiger partial charge in [0, 0.05) is 33.8 Å². The SMILES string of the molecule is Cc1cc2c(cc1N1c3cc4c(cc3B3c5ccc6oc7ccccc7c6c5N(c5ccccc5C)c5cc(-c6c(C)cccc6C)cc1c53)C(C)(C)CC4(C)C)C(C)(C)CCC2(C)C. The molecule has 0 radical (unpaired) electrons. The van der Waals surface area contributed by atoms with E-state index in [2.05, 4.69) is 208 Å². The Morgan fingerprint density at radius 3 is 1.75 bits per heavy atom. The largest absolute Gasteiger partial charge is 0.456 e. The van der Waals surface area contributed by atoms with Crippen molar-refractivity contribution in [1.29, 1.82) is 0 Å². The Balaban J connectivity index is 1.29. The molecule has 3 nitrogen and oxygen atoms in total. The van der Waals surface area contributed by atoms with E-state index in [1.807, 2.05) is 0 Å². The lowest BCUT2D eigenvalue weighted by molar-refractivity contribution is 0.332. The molecule has 0 atom stereocenters. The standard InChI is InChI=1S/C61H61BN2O/c1-35-18-13-15-22-47(35)64-51-30-39(54-36(2)19-17-20-37(54)3)29-50-56(51)62(45-24-25-53-55(57(45)64)40-21-14-16-23-52(40)65-53)46-31-42-44(61(11,12)34-60(42,9)10)33-49(46)63(50)48-32-43-41(28-38(48)4)58(5,6)26-27-59(43,7)8/h13-25,28-33H,26-27,34H2,1-12H3. The van der Waals surface area contributed by atoms with Crippen molar-refractivity contribution in [3.63, 3.8) is 0 Å². The molecule has 0 unspecified atom stereocenters. The van der Waals surface area contributed by atoms with Crippen molar-refractivity contribution in [3.05, 3.63) is 160 Å². The summed E-state index contributed by atoms with van der Waals surface area (Å²) >= 11 is 0. The molecule has 2 aliphatic carbocycles. The molecule has 0 saturated heterocycles. The molecule has 0 saturated carbocycles. The van der Waals surface area contributed by atoms with Crippen molar-refractivity contribution in [1.82, 2.24) is 0 Å². The van der Waals surface area contributed by atoms with Crippen molar-refractivity contribution < 1.29 is 4.42 Å². The van der Waals surface area contributed by atoms with Gasteiger partial charge < -0.3 is 14.2 Å². The van der Waals surface area contributed by atoms with Crippen molar-refractivity contribution in [2.45, 2.75) is 124 Å². The summed E-state index contributed by atoms with van der Waals surface area (Å²) in [6.45, 7) is 28.9. The van der Waals surface area contributed by atoms with Gasteiger partial charge >= 0.3 is 0 Å². The van der Waals surface area contributed by atoms with Gasteiger partial charge in [0.15, 0.2) is 0 Å². The topological polar surface area (TPSA) is 19.6 Å². The van der Waals surface area contributed by atoms with Crippen LogP contribution in [0.3, 0.4) is 0 Å². The highest BCUT2D eigenvalue weighted by atomic mass is 16.3. The Hall–Kier alpha value is -6.00. The number of fused-ring (bicyclic) bond motifs is 10. The Labute approximate surface area is 386 Å². The second kappa shape index (κ2) is 13.3. The minimum absolute atomic E-state index is 0.0234. The molecule has 4 heteroatoms. The zero-order valence-electron chi connectivity index (χ0n) is 40.5. The summed E-state index contributed by atoms with van der Waals surface area (Å²) in [6, 6.07) is 44.6. The van der Waals surface area contributed by atoms with Gasteiger partial charge in [-0.1, -0.05) is 128 Å². The van der Waals surface area contributed by atoms with Crippen molar-refractivity contribution in [2.24, 2.45) is 0 Å². The van der Waals surface area contributed by atoms with E-state index in [0.717, 1.165) is 23.0 Å². The molecule has 1 aromatic heterocycles. The number of para-hydroxylation sites is 2. The van der Waals surface area contributed by atoms with Gasteiger partial charge in [-0.25, -0.2) is 0 Å². The van der Waals surface area contributed by atoms with Crippen molar-refractivity contribution in [2.75, 3.05) is 9.80 Å². The molecule has 12 rings (SSSR count). The number of nitrogens with zero attached hydrogens (tertiary/aromatic N) is 2. The van der Waals surface area contributed by atoms with E-state index in [0.29, 0.717) is 0 Å². The Morgan fingerprint density at radius 1 is 0.462 bits per heavy atom. The van der Waals surface area contributed by atoms with Gasteiger partial charge in [-0.3, -0.25) is 0 Å². The van der Waals surface area contributed by atoms with Gasteiger partial charge in [-0.05, 0) is 183 Å². The lowest BCUT2D eigenvalue weighted by Gasteiger charge is -2.47. The Bertz CT molecular complexity index is 3360. The fourth-order valence-electron chi connectivity index (χ4n) is 13.4. The van der Waals surface area contributed by atoms with Gasteiger partial charge in [0.25, 0.3) is 6.71 Å². The summed E-state index contributed by atoms with van der Waals surface area (Å²) in [4.78, 5) is 5.35. The molecule has 0 spiro atoms. The average molecular weight is 849 g/mol. The predicted molar refractivity (Wildman–Crippen MR) is 278 cm³/mol. The maximum atomic E-state index is 6.76.